The third-order valence-corrected chi connectivity index (χ3v) is 5.04. The van der Waals surface area contributed by atoms with E-state index in [4.69, 9.17) is 4.74 Å². The van der Waals surface area contributed by atoms with Crippen LogP contribution < -0.4 is 0 Å². The Morgan fingerprint density at radius 2 is 1.78 bits per heavy atom. The average molecular weight is 332 g/mol. The Hall–Kier alpha value is -1.85. The number of rotatable bonds is 4. The Morgan fingerprint density at radius 3 is 2.39 bits per heavy atom. The van der Waals surface area contributed by atoms with Gasteiger partial charge in [-0.15, -0.1) is 11.8 Å². The van der Waals surface area contributed by atoms with E-state index < -0.39 is 17.6 Å². The van der Waals surface area contributed by atoms with Crippen LogP contribution in [0.15, 0.2) is 54.6 Å². The lowest BCUT2D eigenvalue weighted by atomic mass is 10.0. The van der Waals surface area contributed by atoms with Crippen LogP contribution in [0.5, 0.6) is 0 Å². The second kappa shape index (κ2) is 7.15. The summed E-state index contributed by atoms with van der Waals surface area (Å²) in [5, 5.41) is 9.15. The maximum Gasteiger partial charge on any atom is 0.338 e. The minimum atomic E-state index is -1.24. The van der Waals surface area contributed by atoms with Gasteiger partial charge < -0.3 is 9.84 Å². The first-order valence-corrected chi connectivity index (χ1v) is 8.38. The first-order valence-electron chi connectivity index (χ1n) is 7.43. The van der Waals surface area contributed by atoms with Gasteiger partial charge in [0.15, 0.2) is 0 Å². The molecule has 0 bridgehead atoms. The Morgan fingerprint density at radius 1 is 1.13 bits per heavy atom. The molecule has 2 aromatic carbocycles. The standard InChI is InChI=1S/C18H17FO3S/c19-16-10-15(23-18(16)21)11-22-17(20)14-8-6-13(7-9-14)12-4-2-1-3-5-12/h1-9,15-16,18,21H,10-11H2. The predicted octanol–water partition coefficient (Wildman–Crippen LogP) is 3.67. The molecule has 0 radical (unpaired) electrons. The van der Waals surface area contributed by atoms with Crippen LogP contribution in [0.1, 0.15) is 16.8 Å². The number of hydrogen-bond acceptors (Lipinski definition) is 4. The molecule has 3 unspecified atom stereocenters. The van der Waals surface area contributed by atoms with Crippen molar-refractivity contribution < 1.29 is 19.0 Å². The Labute approximate surface area is 138 Å². The lowest BCUT2D eigenvalue weighted by Crippen LogP contribution is -2.15. The van der Waals surface area contributed by atoms with Gasteiger partial charge in [0.1, 0.15) is 18.2 Å². The van der Waals surface area contributed by atoms with Crippen LogP contribution in [-0.4, -0.2) is 34.5 Å². The smallest absolute Gasteiger partial charge is 0.338 e. The monoisotopic (exact) mass is 332 g/mol. The number of benzene rings is 2. The molecule has 3 nitrogen and oxygen atoms in total. The van der Waals surface area contributed by atoms with Gasteiger partial charge in [-0.25, -0.2) is 9.18 Å². The third-order valence-electron chi connectivity index (χ3n) is 3.76. The molecule has 23 heavy (non-hydrogen) atoms. The van der Waals surface area contributed by atoms with Crippen LogP contribution in [0.25, 0.3) is 11.1 Å². The Bertz CT molecular complexity index is 650. The summed E-state index contributed by atoms with van der Waals surface area (Å²) in [4.78, 5) is 12.0. The predicted molar refractivity (Wildman–Crippen MR) is 89.1 cm³/mol. The maximum atomic E-state index is 13.2. The molecule has 5 heteroatoms. The maximum absolute atomic E-state index is 13.2. The number of thioether (sulfide) groups is 1. The van der Waals surface area contributed by atoms with Gasteiger partial charge in [-0.2, -0.15) is 0 Å². The quantitative estimate of drug-likeness (QED) is 0.868. The molecule has 1 aliphatic rings. The van der Waals surface area contributed by atoms with Crippen molar-refractivity contribution in [3.8, 4) is 11.1 Å². The molecule has 120 valence electrons. The second-order valence-corrected chi connectivity index (χ2v) is 6.86. The fourth-order valence-electron chi connectivity index (χ4n) is 2.49. The highest BCUT2D eigenvalue weighted by Crippen LogP contribution is 2.34. The zero-order valence-corrected chi connectivity index (χ0v) is 13.2. The molecular weight excluding hydrogens is 315 g/mol. The number of aliphatic hydroxyl groups excluding tert-OH is 1. The van der Waals surface area contributed by atoms with Crippen molar-refractivity contribution in [3.05, 3.63) is 60.2 Å². The van der Waals surface area contributed by atoms with Crippen LogP contribution in [0.2, 0.25) is 0 Å². The van der Waals surface area contributed by atoms with E-state index in [1.54, 1.807) is 12.1 Å². The molecular formula is C18H17FO3S. The van der Waals surface area contributed by atoms with Gasteiger partial charge in [0, 0.05) is 5.25 Å². The van der Waals surface area contributed by atoms with Crippen LogP contribution in [-0.2, 0) is 4.74 Å². The molecule has 1 aliphatic heterocycles. The van der Waals surface area contributed by atoms with E-state index in [0.29, 0.717) is 5.56 Å². The van der Waals surface area contributed by atoms with Gasteiger partial charge in [-0.1, -0.05) is 42.5 Å². The summed E-state index contributed by atoms with van der Waals surface area (Å²) in [5.41, 5.74) is 1.56. The fraction of sp³-hybridized carbons (Fsp3) is 0.278. The van der Waals surface area contributed by atoms with Gasteiger partial charge >= 0.3 is 5.97 Å². The van der Waals surface area contributed by atoms with E-state index in [2.05, 4.69) is 0 Å². The van der Waals surface area contributed by atoms with E-state index in [0.717, 1.165) is 22.9 Å². The molecule has 1 fully saturated rings. The molecule has 0 aromatic heterocycles. The van der Waals surface area contributed by atoms with E-state index in [1.165, 1.54) is 0 Å². The van der Waals surface area contributed by atoms with Crippen LogP contribution in [0, 0.1) is 0 Å². The lowest BCUT2D eigenvalue weighted by molar-refractivity contribution is 0.0498. The largest absolute Gasteiger partial charge is 0.461 e. The van der Waals surface area contributed by atoms with Crippen LogP contribution in [0.3, 0.4) is 0 Å². The van der Waals surface area contributed by atoms with E-state index in [9.17, 15) is 14.3 Å². The Kier molecular flexibility index (Phi) is 4.98. The molecule has 0 amide bonds. The van der Waals surface area contributed by atoms with Gasteiger partial charge in [-0.05, 0) is 29.7 Å². The highest BCUT2D eigenvalue weighted by Gasteiger charge is 2.34. The number of esters is 1. The molecule has 3 rings (SSSR count). The third kappa shape index (κ3) is 3.92. The number of hydrogen-bond donors (Lipinski definition) is 1. The summed E-state index contributed by atoms with van der Waals surface area (Å²) >= 11 is 1.11. The highest BCUT2D eigenvalue weighted by atomic mass is 32.2. The van der Waals surface area contributed by atoms with Crippen molar-refractivity contribution in [1.82, 2.24) is 0 Å². The summed E-state index contributed by atoms with van der Waals surface area (Å²) in [5.74, 6) is -0.429. The first-order chi connectivity index (χ1) is 11.1. The zero-order chi connectivity index (χ0) is 16.2. The zero-order valence-electron chi connectivity index (χ0n) is 12.4. The van der Waals surface area contributed by atoms with Crippen molar-refractivity contribution >= 4 is 17.7 Å². The summed E-state index contributed by atoms with van der Waals surface area (Å²) in [7, 11) is 0. The van der Waals surface area contributed by atoms with E-state index in [1.807, 2.05) is 42.5 Å². The molecule has 1 N–H and O–H groups in total. The van der Waals surface area contributed by atoms with E-state index >= 15 is 0 Å². The SMILES string of the molecule is O=C(OCC1CC(F)C(O)S1)c1ccc(-c2ccccc2)cc1. The van der Waals surface area contributed by atoms with Crippen molar-refractivity contribution in [2.24, 2.45) is 0 Å². The summed E-state index contributed by atoms with van der Waals surface area (Å²) in [6, 6.07) is 17.1. The number of carbonyl (C=O) groups is 1. The van der Waals surface area contributed by atoms with Gasteiger partial charge in [0.2, 0.25) is 0 Å². The van der Waals surface area contributed by atoms with Crippen molar-refractivity contribution in [2.75, 3.05) is 6.61 Å². The fourth-order valence-corrected chi connectivity index (χ4v) is 3.61. The second-order valence-electron chi connectivity index (χ2n) is 5.44. The molecule has 1 saturated heterocycles. The average Bonchev–Trinajstić information content (AvgIpc) is 2.92. The molecule has 3 atom stereocenters. The minimum absolute atomic E-state index is 0.113. The Balaban J connectivity index is 1.58. The van der Waals surface area contributed by atoms with E-state index in [-0.39, 0.29) is 18.3 Å². The summed E-state index contributed by atoms with van der Waals surface area (Å²) < 4.78 is 18.4. The normalized spacial score (nSPS) is 23.7. The highest BCUT2D eigenvalue weighted by molar-refractivity contribution is 8.00. The topological polar surface area (TPSA) is 46.5 Å². The summed E-state index contributed by atoms with van der Waals surface area (Å²) in [6.45, 7) is 0.113. The molecule has 1 heterocycles. The number of carbonyl (C=O) groups excluding carboxylic acids is 1. The lowest BCUT2D eigenvalue weighted by Gasteiger charge is -2.10. The van der Waals surface area contributed by atoms with Crippen LogP contribution in [0.4, 0.5) is 4.39 Å². The first kappa shape index (κ1) is 16.0. The molecule has 0 saturated carbocycles. The van der Waals surface area contributed by atoms with Crippen LogP contribution >= 0.6 is 11.8 Å². The number of ether oxygens (including phenoxy) is 1. The number of halogens is 1. The number of alkyl halides is 1. The van der Waals surface area contributed by atoms with Crippen molar-refractivity contribution in [1.29, 1.82) is 0 Å². The summed E-state index contributed by atoms with van der Waals surface area (Å²) in [6.07, 6.45) is -1.03. The van der Waals surface area contributed by atoms with Gasteiger partial charge in [0.05, 0.1) is 5.56 Å². The van der Waals surface area contributed by atoms with Crippen molar-refractivity contribution in [2.45, 2.75) is 23.3 Å². The van der Waals surface area contributed by atoms with Gasteiger partial charge in [0.25, 0.3) is 0 Å². The molecule has 0 aliphatic carbocycles. The molecule has 2 aromatic rings. The minimum Gasteiger partial charge on any atom is -0.461 e. The van der Waals surface area contributed by atoms with Crippen molar-refractivity contribution in [3.63, 3.8) is 0 Å². The molecule has 0 spiro atoms. The van der Waals surface area contributed by atoms with Gasteiger partial charge in [-0.3, -0.25) is 0 Å². The number of aliphatic hydroxyl groups is 1.